The third-order valence-electron chi connectivity index (χ3n) is 2.69. The number of aromatic nitrogens is 2. The van der Waals surface area contributed by atoms with E-state index >= 15 is 0 Å². The molecule has 84 valence electrons. The van der Waals surface area contributed by atoms with Crippen LogP contribution in [-0.4, -0.2) is 23.1 Å². The summed E-state index contributed by atoms with van der Waals surface area (Å²) in [5, 5.41) is 3.15. The molecule has 16 heavy (non-hydrogen) atoms. The molecule has 0 aliphatic heterocycles. The van der Waals surface area contributed by atoms with Gasteiger partial charge in [0.05, 0.1) is 0 Å². The van der Waals surface area contributed by atoms with Crippen LogP contribution in [0.5, 0.6) is 0 Å². The van der Waals surface area contributed by atoms with Gasteiger partial charge in [-0.3, -0.25) is 0 Å². The summed E-state index contributed by atoms with van der Waals surface area (Å²) in [5.41, 5.74) is 2.48. The zero-order chi connectivity index (χ0) is 11.4. The van der Waals surface area contributed by atoms with Crippen LogP contribution in [0.15, 0.2) is 36.7 Å². The Morgan fingerprint density at radius 1 is 1.31 bits per heavy atom. The van der Waals surface area contributed by atoms with E-state index in [0.717, 1.165) is 18.8 Å². The Bertz CT molecular complexity index is 460. The Morgan fingerprint density at radius 2 is 2.12 bits per heavy atom. The minimum atomic E-state index is 0.942. The van der Waals surface area contributed by atoms with Crippen LogP contribution in [0.1, 0.15) is 11.4 Å². The summed E-state index contributed by atoms with van der Waals surface area (Å²) in [6, 6.07) is 8.37. The first kappa shape index (κ1) is 10.9. The van der Waals surface area contributed by atoms with Gasteiger partial charge in [0, 0.05) is 31.0 Å². The van der Waals surface area contributed by atoms with Crippen molar-refractivity contribution in [1.29, 1.82) is 0 Å². The number of para-hydroxylation sites is 1. The van der Waals surface area contributed by atoms with Gasteiger partial charge in [-0.05, 0) is 25.6 Å². The molecule has 1 heterocycles. The average Bonchev–Trinajstić information content (AvgIpc) is 2.75. The van der Waals surface area contributed by atoms with Crippen LogP contribution in [0, 0.1) is 6.92 Å². The van der Waals surface area contributed by atoms with Gasteiger partial charge in [-0.1, -0.05) is 18.2 Å². The lowest BCUT2D eigenvalue weighted by atomic mass is 10.2. The molecule has 0 aliphatic carbocycles. The molecule has 0 radical (unpaired) electrons. The van der Waals surface area contributed by atoms with E-state index in [1.54, 1.807) is 0 Å². The monoisotopic (exact) mass is 215 g/mol. The van der Waals surface area contributed by atoms with Crippen LogP contribution in [0.4, 0.5) is 0 Å². The molecule has 3 heteroatoms. The molecule has 2 rings (SSSR count). The molecule has 0 aliphatic rings. The number of rotatable bonds is 4. The highest BCUT2D eigenvalue weighted by molar-refractivity contribution is 5.41. The van der Waals surface area contributed by atoms with Crippen molar-refractivity contribution in [3.63, 3.8) is 0 Å². The van der Waals surface area contributed by atoms with Crippen LogP contribution in [0.25, 0.3) is 5.69 Å². The maximum atomic E-state index is 4.39. The number of likely N-dealkylation sites (N-methyl/N-ethyl adjacent to an activating group) is 1. The summed E-state index contributed by atoms with van der Waals surface area (Å²) in [4.78, 5) is 4.39. The molecule has 0 atom stereocenters. The van der Waals surface area contributed by atoms with E-state index in [9.17, 15) is 0 Å². The molecule has 3 nitrogen and oxygen atoms in total. The van der Waals surface area contributed by atoms with Crippen molar-refractivity contribution in [1.82, 2.24) is 14.9 Å². The molecule has 0 unspecified atom stereocenters. The lowest BCUT2D eigenvalue weighted by Gasteiger charge is -2.10. The van der Waals surface area contributed by atoms with Crippen molar-refractivity contribution in [3.05, 3.63) is 48.0 Å². The number of nitrogens with one attached hydrogen (secondary N) is 1. The van der Waals surface area contributed by atoms with Crippen LogP contribution >= 0.6 is 0 Å². The molecule has 1 N–H and O–H groups in total. The van der Waals surface area contributed by atoms with Gasteiger partial charge in [-0.2, -0.15) is 0 Å². The third kappa shape index (κ3) is 2.14. The van der Waals surface area contributed by atoms with Gasteiger partial charge < -0.3 is 9.88 Å². The molecule has 0 fully saturated rings. The zero-order valence-corrected chi connectivity index (χ0v) is 9.77. The lowest BCUT2D eigenvalue weighted by molar-refractivity contribution is 0.743. The van der Waals surface area contributed by atoms with Gasteiger partial charge in [-0.15, -0.1) is 0 Å². The Kier molecular flexibility index (Phi) is 3.37. The minimum Gasteiger partial charge on any atom is -0.319 e. The first-order valence-electron chi connectivity index (χ1n) is 5.56. The number of imidazole rings is 1. The normalized spacial score (nSPS) is 10.6. The number of nitrogens with zero attached hydrogens (tertiary/aromatic N) is 2. The maximum Gasteiger partial charge on any atom is 0.114 e. The molecule has 0 spiro atoms. The van der Waals surface area contributed by atoms with Gasteiger partial charge in [0.15, 0.2) is 0 Å². The van der Waals surface area contributed by atoms with Gasteiger partial charge in [0.1, 0.15) is 5.82 Å². The summed E-state index contributed by atoms with van der Waals surface area (Å²) in [6.45, 7) is 3.07. The first-order chi connectivity index (χ1) is 7.83. The first-order valence-corrected chi connectivity index (χ1v) is 5.56. The van der Waals surface area contributed by atoms with E-state index in [1.807, 2.05) is 19.4 Å². The van der Waals surface area contributed by atoms with E-state index in [1.165, 1.54) is 11.3 Å². The van der Waals surface area contributed by atoms with Gasteiger partial charge >= 0.3 is 0 Å². The van der Waals surface area contributed by atoms with Crippen LogP contribution < -0.4 is 5.32 Å². The quantitative estimate of drug-likeness (QED) is 0.844. The molecule has 2 aromatic rings. The summed E-state index contributed by atoms with van der Waals surface area (Å²) in [7, 11) is 1.96. The Balaban J connectivity index is 2.33. The van der Waals surface area contributed by atoms with E-state index in [2.05, 4.69) is 46.1 Å². The Morgan fingerprint density at radius 3 is 2.88 bits per heavy atom. The number of aryl methyl sites for hydroxylation is 1. The smallest absolute Gasteiger partial charge is 0.114 e. The summed E-state index contributed by atoms with van der Waals surface area (Å²) < 4.78 is 2.16. The third-order valence-corrected chi connectivity index (χ3v) is 2.69. The van der Waals surface area contributed by atoms with Crippen molar-refractivity contribution in [2.45, 2.75) is 13.3 Å². The molecule has 0 saturated carbocycles. The second kappa shape index (κ2) is 4.94. The average molecular weight is 215 g/mol. The van der Waals surface area contributed by atoms with Crippen molar-refractivity contribution in [2.75, 3.05) is 13.6 Å². The summed E-state index contributed by atoms with van der Waals surface area (Å²) in [5.74, 6) is 1.10. The zero-order valence-electron chi connectivity index (χ0n) is 9.77. The van der Waals surface area contributed by atoms with E-state index in [0.29, 0.717) is 0 Å². The van der Waals surface area contributed by atoms with E-state index in [-0.39, 0.29) is 0 Å². The molecule has 0 bridgehead atoms. The second-order valence-electron chi connectivity index (χ2n) is 3.85. The summed E-state index contributed by atoms with van der Waals surface area (Å²) in [6.07, 6.45) is 4.82. The minimum absolute atomic E-state index is 0.942. The Labute approximate surface area is 96.1 Å². The maximum absolute atomic E-state index is 4.39. The van der Waals surface area contributed by atoms with Crippen molar-refractivity contribution >= 4 is 0 Å². The van der Waals surface area contributed by atoms with Gasteiger partial charge in [0.25, 0.3) is 0 Å². The number of benzene rings is 1. The number of hydrogen-bond donors (Lipinski definition) is 1. The van der Waals surface area contributed by atoms with E-state index in [4.69, 9.17) is 0 Å². The highest BCUT2D eigenvalue weighted by atomic mass is 15.1. The molecule has 0 amide bonds. The molecule has 1 aromatic heterocycles. The standard InChI is InChI=1S/C13H17N3/c1-11-5-3-4-6-12(11)16-10-9-15-13(16)7-8-14-2/h3-6,9-10,14H,7-8H2,1-2H3. The highest BCUT2D eigenvalue weighted by Gasteiger charge is 2.05. The van der Waals surface area contributed by atoms with Crippen molar-refractivity contribution in [3.8, 4) is 5.69 Å². The molecular weight excluding hydrogens is 198 g/mol. The molecule has 1 aromatic carbocycles. The fourth-order valence-corrected chi connectivity index (χ4v) is 1.81. The van der Waals surface area contributed by atoms with Crippen molar-refractivity contribution < 1.29 is 0 Å². The highest BCUT2D eigenvalue weighted by Crippen LogP contribution is 2.15. The van der Waals surface area contributed by atoms with Gasteiger partial charge in [-0.25, -0.2) is 4.98 Å². The fraction of sp³-hybridized carbons (Fsp3) is 0.308. The van der Waals surface area contributed by atoms with Crippen LogP contribution in [0.2, 0.25) is 0 Å². The SMILES string of the molecule is CNCCc1nccn1-c1ccccc1C. The van der Waals surface area contributed by atoms with Crippen LogP contribution in [-0.2, 0) is 6.42 Å². The lowest BCUT2D eigenvalue weighted by Crippen LogP contribution is -2.13. The van der Waals surface area contributed by atoms with E-state index < -0.39 is 0 Å². The number of hydrogen-bond acceptors (Lipinski definition) is 2. The largest absolute Gasteiger partial charge is 0.319 e. The fourth-order valence-electron chi connectivity index (χ4n) is 1.81. The molecule has 0 saturated heterocycles. The Hall–Kier alpha value is -1.61. The van der Waals surface area contributed by atoms with Crippen molar-refractivity contribution in [2.24, 2.45) is 0 Å². The second-order valence-corrected chi connectivity index (χ2v) is 3.85. The predicted octanol–water partition coefficient (Wildman–Crippen LogP) is 1.94. The predicted molar refractivity (Wildman–Crippen MR) is 65.9 cm³/mol. The topological polar surface area (TPSA) is 29.9 Å². The molecular formula is C13H17N3. The summed E-state index contributed by atoms with van der Waals surface area (Å²) >= 11 is 0. The van der Waals surface area contributed by atoms with Crippen LogP contribution in [0.3, 0.4) is 0 Å². The van der Waals surface area contributed by atoms with Gasteiger partial charge in [0.2, 0.25) is 0 Å².